The zero-order valence-electron chi connectivity index (χ0n) is 11.8. The summed E-state index contributed by atoms with van der Waals surface area (Å²) in [7, 11) is 0. The van der Waals surface area contributed by atoms with Crippen LogP contribution in [0.1, 0.15) is 33.8 Å². The molecule has 0 radical (unpaired) electrons. The maximum absolute atomic E-state index is 12.6. The number of fused-ring (bicyclic) bond motifs is 1. The summed E-state index contributed by atoms with van der Waals surface area (Å²) in [6.45, 7) is 0.944. The van der Waals surface area contributed by atoms with Gasteiger partial charge in [0.1, 0.15) is 19.0 Å². The highest BCUT2D eigenvalue weighted by atomic mass is 16.6. The lowest BCUT2D eigenvalue weighted by Crippen LogP contribution is -2.16. The lowest BCUT2D eigenvalue weighted by Gasteiger charge is -2.20. The van der Waals surface area contributed by atoms with Crippen molar-refractivity contribution in [2.45, 2.75) is 12.8 Å². The highest BCUT2D eigenvalue weighted by Crippen LogP contribution is 2.42. The Balaban J connectivity index is 1.86. The van der Waals surface area contributed by atoms with Gasteiger partial charge in [0.05, 0.1) is 0 Å². The van der Waals surface area contributed by atoms with E-state index in [1.54, 1.807) is 24.3 Å². The van der Waals surface area contributed by atoms with E-state index in [1.165, 1.54) is 0 Å². The van der Waals surface area contributed by atoms with Gasteiger partial charge in [0.2, 0.25) is 0 Å². The molecule has 1 aliphatic carbocycles. The number of carbonyl (C=O) groups is 2. The van der Waals surface area contributed by atoms with Crippen LogP contribution in [0.5, 0.6) is 11.5 Å². The third-order valence-corrected chi connectivity index (χ3v) is 3.90. The predicted octanol–water partition coefficient (Wildman–Crippen LogP) is 3.12. The van der Waals surface area contributed by atoms with Gasteiger partial charge in [-0.2, -0.15) is 0 Å². The monoisotopic (exact) mass is 298 g/mol. The van der Waals surface area contributed by atoms with E-state index in [0.717, 1.165) is 12.8 Å². The number of hydrogen-bond donors (Lipinski definition) is 0. The maximum Gasteiger partial charge on any atom is 0.185 e. The van der Waals surface area contributed by atoms with Gasteiger partial charge in [-0.15, -0.1) is 0 Å². The van der Waals surface area contributed by atoms with Crippen LogP contribution in [0.15, 0.2) is 28.7 Å². The fourth-order valence-corrected chi connectivity index (χ4v) is 2.62. The summed E-state index contributed by atoms with van der Waals surface area (Å²) >= 11 is 0. The highest BCUT2D eigenvalue weighted by Gasteiger charge is 2.33. The molecule has 112 valence electrons. The molecule has 2 heterocycles. The summed E-state index contributed by atoms with van der Waals surface area (Å²) in [6, 6.07) is 6.77. The number of rotatable bonds is 4. The van der Waals surface area contributed by atoms with Crippen LogP contribution in [0.25, 0.3) is 11.3 Å². The molecule has 0 N–H and O–H groups in total. The molecule has 1 saturated carbocycles. The topological polar surface area (TPSA) is 65.7 Å². The van der Waals surface area contributed by atoms with E-state index >= 15 is 0 Å². The van der Waals surface area contributed by atoms with Crippen LogP contribution >= 0.6 is 0 Å². The lowest BCUT2D eigenvalue weighted by atomic mass is 9.98. The molecule has 5 nitrogen and oxygen atoms in total. The summed E-state index contributed by atoms with van der Waals surface area (Å²) in [5.41, 5.74) is 1.22. The quantitative estimate of drug-likeness (QED) is 0.641. The summed E-state index contributed by atoms with van der Waals surface area (Å²) in [6.07, 6.45) is 2.48. The lowest BCUT2D eigenvalue weighted by molar-refractivity contribution is 0.0966. The van der Waals surface area contributed by atoms with E-state index in [9.17, 15) is 9.59 Å². The average Bonchev–Trinajstić information content (AvgIpc) is 3.30. The second-order valence-electron chi connectivity index (χ2n) is 5.50. The first-order chi connectivity index (χ1) is 10.8. The Morgan fingerprint density at radius 2 is 1.82 bits per heavy atom. The van der Waals surface area contributed by atoms with E-state index in [0.29, 0.717) is 47.9 Å². The van der Waals surface area contributed by atoms with E-state index in [4.69, 9.17) is 13.9 Å². The smallest absolute Gasteiger partial charge is 0.185 e. The number of aldehydes is 1. The molecular formula is C17H14O5. The molecule has 0 unspecified atom stereocenters. The largest absolute Gasteiger partial charge is 0.486 e. The Labute approximate surface area is 126 Å². The molecule has 0 bridgehead atoms. The van der Waals surface area contributed by atoms with Gasteiger partial charge in [0.25, 0.3) is 0 Å². The van der Waals surface area contributed by atoms with Crippen LogP contribution in [-0.4, -0.2) is 25.3 Å². The minimum atomic E-state index is 0.0850. The average molecular weight is 298 g/mol. The molecule has 2 aliphatic rings. The second-order valence-corrected chi connectivity index (χ2v) is 5.50. The summed E-state index contributed by atoms with van der Waals surface area (Å²) in [5, 5.41) is 0. The number of ether oxygens (including phenoxy) is 2. The summed E-state index contributed by atoms with van der Waals surface area (Å²) < 4.78 is 16.6. The first-order valence-corrected chi connectivity index (χ1v) is 7.29. The predicted molar refractivity (Wildman–Crippen MR) is 77.6 cm³/mol. The fourth-order valence-electron chi connectivity index (χ4n) is 2.62. The van der Waals surface area contributed by atoms with Crippen LogP contribution < -0.4 is 9.47 Å². The third-order valence-electron chi connectivity index (χ3n) is 3.90. The van der Waals surface area contributed by atoms with Gasteiger partial charge in [-0.25, -0.2) is 0 Å². The minimum absolute atomic E-state index is 0.0850. The van der Waals surface area contributed by atoms with Crippen molar-refractivity contribution < 1.29 is 23.5 Å². The Morgan fingerprint density at radius 1 is 1.09 bits per heavy atom. The van der Waals surface area contributed by atoms with Gasteiger partial charge < -0.3 is 13.9 Å². The number of furan rings is 1. The van der Waals surface area contributed by atoms with Gasteiger partial charge in [-0.1, -0.05) is 0 Å². The fraction of sp³-hybridized carbons (Fsp3) is 0.294. The second kappa shape index (κ2) is 5.02. The number of hydrogen-bond acceptors (Lipinski definition) is 5. The number of benzene rings is 1. The number of ketones is 1. The van der Waals surface area contributed by atoms with Gasteiger partial charge in [-0.3, -0.25) is 9.59 Å². The van der Waals surface area contributed by atoms with Gasteiger partial charge >= 0.3 is 0 Å². The molecule has 0 atom stereocenters. The van der Waals surface area contributed by atoms with Crippen LogP contribution in [-0.2, 0) is 0 Å². The van der Waals surface area contributed by atoms with Crippen LogP contribution in [0.3, 0.4) is 0 Å². The van der Waals surface area contributed by atoms with Crippen molar-refractivity contribution in [1.82, 2.24) is 0 Å². The van der Waals surface area contributed by atoms with E-state index in [1.807, 2.05) is 0 Å². The van der Waals surface area contributed by atoms with Crippen molar-refractivity contribution >= 4 is 12.1 Å². The minimum Gasteiger partial charge on any atom is -0.486 e. The van der Waals surface area contributed by atoms with Crippen molar-refractivity contribution in [3.8, 4) is 22.8 Å². The zero-order chi connectivity index (χ0) is 15.1. The number of Topliss-reactive ketones (excluding diaryl/α,β-unsaturated/α-hetero) is 1. The van der Waals surface area contributed by atoms with E-state index in [2.05, 4.69) is 0 Å². The molecule has 1 fully saturated rings. The van der Waals surface area contributed by atoms with Crippen molar-refractivity contribution in [1.29, 1.82) is 0 Å². The normalized spacial score (nSPS) is 16.4. The zero-order valence-corrected chi connectivity index (χ0v) is 11.8. The van der Waals surface area contributed by atoms with Crippen molar-refractivity contribution in [3.63, 3.8) is 0 Å². The molecular weight excluding hydrogens is 284 g/mol. The summed E-state index contributed by atoms with van der Waals surface area (Å²) in [4.78, 5) is 23.4. The molecule has 1 aromatic carbocycles. The summed E-state index contributed by atoms with van der Waals surface area (Å²) in [5.74, 6) is 2.08. The molecule has 4 rings (SSSR count). The molecule has 0 saturated heterocycles. The molecule has 0 spiro atoms. The van der Waals surface area contributed by atoms with E-state index < -0.39 is 0 Å². The molecule has 1 aliphatic heterocycles. The standard InChI is InChI=1S/C17H14O5/c18-9-11-3-4-14(22-11)12-7-15-16(21-6-5-20-15)8-13(12)17(19)10-1-2-10/h3-4,7-10H,1-2,5-6H2. The van der Waals surface area contributed by atoms with Gasteiger partial charge in [0.15, 0.2) is 29.3 Å². The van der Waals surface area contributed by atoms with Crippen molar-refractivity contribution in [2.24, 2.45) is 5.92 Å². The highest BCUT2D eigenvalue weighted by molar-refractivity contribution is 6.05. The Morgan fingerprint density at radius 3 is 2.45 bits per heavy atom. The van der Waals surface area contributed by atoms with E-state index in [-0.39, 0.29) is 17.5 Å². The maximum atomic E-state index is 12.6. The Hall–Kier alpha value is -2.56. The van der Waals surface area contributed by atoms with Crippen LogP contribution in [0.4, 0.5) is 0 Å². The van der Waals surface area contributed by atoms with Crippen molar-refractivity contribution in [3.05, 3.63) is 35.6 Å². The Kier molecular flexibility index (Phi) is 2.99. The van der Waals surface area contributed by atoms with Gasteiger partial charge in [-0.05, 0) is 37.1 Å². The van der Waals surface area contributed by atoms with Gasteiger partial charge in [0, 0.05) is 17.0 Å². The first kappa shape index (κ1) is 13.1. The number of carbonyl (C=O) groups excluding carboxylic acids is 2. The first-order valence-electron chi connectivity index (χ1n) is 7.29. The molecule has 2 aromatic rings. The molecule has 22 heavy (non-hydrogen) atoms. The SMILES string of the molecule is O=Cc1ccc(-c2cc3c(cc2C(=O)C2CC2)OCCO3)o1. The van der Waals surface area contributed by atoms with Crippen LogP contribution in [0, 0.1) is 5.92 Å². The Bertz CT molecular complexity index is 754. The van der Waals surface area contributed by atoms with Crippen LogP contribution in [0.2, 0.25) is 0 Å². The third kappa shape index (κ3) is 2.19. The molecule has 0 amide bonds. The molecule has 1 aromatic heterocycles. The van der Waals surface area contributed by atoms with Crippen molar-refractivity contribution in [2.75, 3.05) is 13.2 Å². The molecule has 5 heteroatoms.